The van der Waals surface area contributed by atoms with Gasteiger partial charge in [0.25, 0.3) is 5.56 Å². The Morgan fingerprint density at radius 2 is 1.97 bits per heavy atom. The minimum atomic E-state index is -6.03. The zero-order valence-electron chi connectivity index (χ0n) is 17.4. The van der Waals surface area contributed by atoms with Crippen molar-refractivity contribution in [3.05, 3.63) is 27.4 Å². The van der Waals surface area contributed by atoms with E-state index in [0.717, 1.165) is 6.20 Å². The maximum atomic E-state index is 15.3. The predicted molar refractivity (Wildman–Crippen MR) is 95.1 cm³/mol. The van der Waals surface area contributed by atoms with Crippen molar-refractivity contribution in [1.29, 1.82) is 0 Å². The summed E-state index contributed by atoms with van der Waals surface area (Å²) < 4.78 is 88.4. The van der Waals surface area contributed by atoms with Crippen LogP contribution in [0.5, 0.6) is 0 Å². The van der Waals surface area contributed by atoms with Gasteiger partial charge in [-0.1, -0.05) is 0 Å². The van der Waals surface area contributed by atoms with E-state index in [-0.39, 0.29) is 0 Å². The summed E-state index contributed by atoms with van der Waals surface area (Å²) >= 11 is 4.83. The summed E-state index contributed by atoms with van der Waals surface area (Å²) in [5.74, 6) is 0. The average molecular weight is 519 g/mol. The molecule has 2 heterocycles. The summed E-state index contributed by atoms with van der Waals surface area (Å²) in [7, 11) is -17.7. The van der Waals surface area contributed by atoms with Crippen molar-refractivity contribution >= 4 is 35.7 Å². The molecule has 0 amide bonds. The summed E-state index contributed by atoms with van der Waals surface area (Å²) in [6.07, 6.45) is -6.21. The van der Waals surface area contributed by atoms with Gasteiger partial charge < -0.3 is 29.4 Å². The van der Waals surface area contributed by atoms with Gasteiger partial charge in [-0.15, -0.1) is 0 Å². The number of alkyl halides is 1. The first-order chi connectivity index (χ1) is 14.6. The molecule has 1 aliphatic rings. The SMILES string of the molecule is [2H]c1cn([C@@H]2O[C@H](C([2H])([2H])OP(=O)(O)OP(=O)(O)OP(=O)(O)O)[C@H](O)C2(C)F)c(=S)[nH]c1=O. The summed E-state index contributed by atoms with van der Waals surface area (Å²) in [6, 6.07) is -0.711. The molecule has 0 aromatic carbocycles. The number of nitrogens with one attached hydrogen (secondary N) is 1. The van der Waals surface area contributed by atoms with E-state index in [9.17, 15) is 28.5 Å². The lowest BCUT2D eigenvalue weighted by atomic mass is 9.99. The Balaban J connectivity index is 2.34. The van der Waals surface area contributed by atoms with E-state index in [4.69, 9.17) is 35.7 Å². The number of hydrogen-bond acceptors (Lipinski definition) is 10. The molecule has 172 valence electrons. The highest BCUT2D eigenvalue weighted by atomic mass is 32.1. The number of phosphoric ester groups is 1. The molecule has 0 radical (unpaired) electrons. The minimum absolute atomic E-state index is 0.494. The van der Waals surface area contributed by atoms with Crippen molar-refractivity contribution in [2.45, 2.75) is 31.0 Å². The van der Waals surface area contributed by atoms with Gasteiger partial charge >= 0.3 is 23.5 Å². The number of aromatic nitrogens is 2. The van der Waals surface area contributed by atoms with Crippen LogP contribution in [0.4, 0.5) is 4.39 Å². The molecule has 6 atom stereocenters. The van der Waals surface area contributed by atoms with E-state index in [1.807, 2.05) is 4.98 Å². The molecule has 0 aliphatic carbocycles. The van der Waals surface area contributed by atoms with Gasteiger partial charge in [-0.05, 0) is 19.1 Å². The molecule has 1 fully saturated rings. The van der Waals surface area contributed by atoms with E-state index in [1.54, 1.807) is 0 Å². The monoisotopic (exact) mass is 519 g/mol. The fourth-order valence-corrected chi connectivity index (χ4v) is 5.31. The maximum absolute atomic E-state index is 15.3. The Bertz CT molecular complexity index is 1190. The highest BCUT2D eigenvalue weighted by Gasteiger charge is 2.55. The lowest BCUT2D eigenvalue weighted by Crippen LogP contribution is -2.41. The Morgan fingerprint density at radius 1 is 1.37 bits per heavy atom. The fraction of sp³-hybridized carbons (Fsp3) is 0.600. The molecule has 3 unspecified atom stereocenters. The Labute approximate surface area is 175 Å². The number of nitrogens with zero attached hydrogens (tertiary/aromatic N) is 1. The van der Waals surface area contributed by atoms with Crippen LogP contribution in [0.1, 0.15) is 17.3 Å². The van der Waals surface area contributed by atoms with Crippen LogP contribution in [0.3, 0.4) is 0 Å². The highest BCUT2D eigenvalue weighted by Crippen LogP contribution is 2.66. The summed E-state index contributed by atoms with van der Waals surface area (Å²) in [4.78, 5) is 49.1. The number of phosphoric acid groups is 3. The molecule has 0 spiro atoms. The molecular formula is C10H16FN2O13P3S. The number of rotatable bonds is 8. The van der Waals surface area contributed by atoms with Crippen LogP contribution in [0.2, 0.25) is 0 Å². The van der Waals surface area contributed by atoms with Gasteiger partial charge in [-0.2, -0.15) is 8.62 Å². The molecule has 6 N–H and O–H groups in total. The smallest absolute Gasteiger partial charge is 0.387 e. The van der Waals surface area contributed by atoms with Crippen LogP contribution < -0.4 is 5.56 Å². The molecule has 1 aromatic heterocycles. The number of aromatic amines is 1. The van der Waals surface area contributed by atoms with Crippen LogP contribution in [0, 0.1) is 4.77 Å². The maximum Gasteiger partial charge on any atom is 0.490 e. The number of H-pyrrole nitrogens is 1. The first-order valence-corrected chi connectivity index (χ1v) is 12.2. The number of ether oxygens (including phenoxy) is 1. The second kappa shape index (κ2) is 8.71. The van der Waals surface area contributed by atoms with Crippen molar-refractivity contribution in [2.75, 3.05) is 6.56 Å². The van der Waals surface area contributed by atoms with Crippen LogP contribution >= 0.6 is 35.7 Å². The Kier molecular flexibility index (Phi) is 6.16. The average Bonchev–Trinajstić information content (AvgIpc) is 2.77. The van der Waals surface area contributed by atoms with E-state index in [2.05, 4.69) is 13.1 Å². The molecule has 15 nitrogen and oxygen atoms in total. The second-order valence-corrected chi connectivity index (χ2v) is 10.5. The van der Waals surface area contributed by atoms with Gasteiger partial charge in [0.05, 0.1) is 10.7 Å². The molecule has 30 heavy (non-hydrogen) atoms. The molecule has 1 aliphatic heterocycles. The summed E-state index contributed by atoms with van der Waals surface area (Å²) in [5, 5.41) is 10.3. The van der Waals surface area contributed by atoms with E-state index >= 15 is 4.39 Å². The Hall–Kier alpha value is -0.640. The predicted octanol–water partition coefficient (Wildman–Crippen LogP) is 0.236. The summed E-state index contributed by atoms with van der Waals surface area (Å²) in [6.45, 7) is -2.96. The highest BCUT2D eigenvalue weighted by molar-refractivity contribution is 7.71. The molecule has 1 saturated heterocycles. The molecule has 0 bridgehead atoms. The quantitative estimate of drug-likeness (QED) is 0.200. The lowest BCUT2D eigenvalue weighted by Gasteiger charge is -2.25. The van der Waals surface area contributed by atoms with Crippen LogP contribution in [-0.2, 0) is 31.6 Å². The van der Waals surface area contributed by atoms with Crippen molar-refractivity contribution in [3.8, 4) is 0 Å². The second-order valence-electron chi connectivity index (χ2n) is 5.75. The Morgan fingerprint density at radius 3 is 2.53 bits per heavy atom. The standard InChI is InChI=1S/C10H16FN2O13P3S/c1-10(11)7(15)5(24-8(10)13-3-2-6(14)12-9(13)30)4-23-28(19,20)26-29(21,22)25-27(16,17)18/h2-3,5,7-8,15H,4H2,1H3,(H,19,20)(H,21,22)(H,12,14,30)(H2,16,17,18)/t5-,7+,8-,10?/m1/s1/i2D,4D2. The van der Waals surface area contributed by atoms with E-state index < -0.39 is 70.5 Å². The first-order valence-electron chi connectivity index (χ1n) is 8.77. The van der Waals surface area contributed by atoms with E-state index in [0.29, 0.717) is 11.5 Å². The first kappa shape index (κ1) is 21.2. The van der Waals surface area contributed by atoms with Crippen LogP contribution in [-0.4, -0.2) is 58.7 Å². The van der Waals surface area contributed by atoms with Crippen LogP contribution in [0.25, 0.3) is 0 Å². The zero-order valence-corrected chi connectivity index (χ0v) is 17.9. The normalized spacial score (nSPS) is 33.2. The topological polar surface area (TPSA) is 227 Å². The molecule has 2 rings (SSSR count). The van der Waals surface area contributed by atoms with Gasteiger partial charge in [-0.3, -0.25) is 18.9 Å². The number of aliphatic hydroxyl groups excluding tert-OH is 1. The molecule has 1 aromatic rings. The fourth-order valence-electron chi connectivity index (χ4n) is 2.19. The van der Waals surface area contributed by atoms with Crippen molar-refractivity contribution < 1.29 is 64.8 Å². The largest absolute Gasteiger partial charge is 0.490 e. The third-order valence-corrected chi connectivity index (χ3v) is 7.34. The number of aliphatic hydroxyl groups is 1. The molecule has 20 heteroatoms. The molecule has 0 saturated carbocycles. The third kappa shape index (κ3) is 6.43. The summed E-state index contributed by atoms with van der Waals surface area (Å²) in [5.41, 5.74) is -3.87. The van der Waals surface area contributed by atoms with Gasteiger partial charge in [0, 0.05) is 12.2 Å². The third-order valence-electron chi connectivity index (χ3n) is 3.37. The number of halogens is 1. The minimum Gasteiger partial charge on any atom is -0.387 e. The van der Waals surface area contributed by atoms with Crippen LogP contribution in [0.15, 0.2) is 17.0 Å². The van der Waals surface area contributed by atoms with Crippen molar-refractivity contribution in [2.24, 2.45) is 0 Å². The number of hydrogen-bond donors (Lipinski definition) is 6. The zero-order chi connectivity index (χ0) is 25.8. The van der Waals surface area contributed by atoms with Gasteiger partial charge in [0.15, 0.2) is 16.7 Å². The van der Waals surface area contributed by atoms with E-state index in [1.165, 1.54) is 0 Å². The van der Waals surface area contributed by atoms with Gasteiger partial charge in [0.2, 0.25) is 0 Å². The van der Waals surface area contributed by atoms with Crippen molar-refractivity contribution in [3.63, 3.8) is 0 Å². The van der Waals surface area contributed by atoms with Gasteiger partial charge in [-0.25, -0.2) is 18.1 Å². The van der Waals surface area contributed by atoms with Crippen molar-refractivity contribution in [1.82, 2.24) is 9.55 Å². The molecular weight excluding hydrogens is 500 g/mol. The van der Waals surface area contributed by atoms with Gasteiger partial charge in [0.1, 0.15) is 12.2 Å². The lowest BCUT2D eigenvalue weighted by molar-refractivity contribution is -0.0594.